The number of carbonyl (C=O) groups excluding carboxylic acids is 1. The van der Waals surface area contributed by atoms with Crippen molar-refractivity contribution in [3.63, 3.8) is 0 Å². The van der Waals surface area contributed by atoms with Crippen molar-refractivity contribution in [3.8, 4) is 0 Å². The van der Waals surface area contributed by atoms with Gasteiger partial charge in [0.1, 0.15) is 0 Å². The molecule has 0 aliphatic carbocycles. The maximum atomic E-state index is 12.4. The van der Waals surface area contributed by atoms with E-state index in [9.17, 15) is 4.79 Å². The van der Waals surface area contributed by atoms with E-state index in [0.717, 1.165) is 49.8 Å². The van der Waals surface area contributed by atoms with Crippen molar-refractivity contribution >= 4 is 23.3 Å². The molecule has 0 radical (unpaired) electrons. The van der Waals surface area contributed by atoms with Crippen molar-refractivity contribution in [2.75, 3.05) is 32.7 Å². The van der Waals surface area contributed by atoms with Gasteiger partial charge in [-0.05, 0) is 18.9 Å². The van der Waals surface area contributed by atoms with Gasteiger partial charge in [0.15, 0.2) is 0 Å². The first-order valence-electron chi connectivity index (χ1n) is 8.83. The minimum Gasteiger partial charge on any atom is -0.340 e. The number of hydrogen-bond donors (Lipinski definition) is 0. The van der Waals surface area contributed by atoms with Crippen molar-refractivity contribution in [3.05, 3.63) is 58.1 Å². The number of benzene rings is 1. The molecule has 2 aromatic rings. The van der Waals surface area contributed by atoms with Crippen LogP contribution in [-0.2, 0) is 11.2 Å². The van der Waals surface area contributed by atoms with Crippen LogP contribution in [-0.4, -0.2) is 53.4 Å². The molecule has 4 nitrogen and oxygen atoms in total. The summed E-state index contributed by atoms with van der Waals surface area (Å²) in [6, 6.07) is 10.4. The monoisotopic (exact) mass is 355 g/mol. The van der Waals surface area contributed by atoms with Crippen LogP contribution in [0.2, 0.25) is 0 Å². The first kappa shape index (κ1) is 17.8. The fourth-order valence-corrected chi connectivity index (χ4v) is 3.65. The highest BCUT2D eigenvalue weighted by molar-refractivity contribution is 7.09. The molecule has 5 heteroatoms. The Kier molecular flexibility index (Phi) is 6.36. The molecular weight excluding hydrogens is 330 g/mol. The highest BCUT2D eigenvalue weighted by atomic mass is 32.1. The summed E-state index contributed by atoms with van der Waals surface area (Å²) in [4.78, 5) is 21.2. The van der Waals surface area contributed by atoms with Crippen LogP contribution in [0.4, 0.5) is 0 Å². The molecule has 0 spiro atoms. The third-order valence-corrected chi connectivity index (χ3v) is 5.28. The van der Waals surface area contributed by atoms with Gasteiger partial charge in [-0.1, -0.05) is 42.5 Å². The van der Waals surface area contributed by atoms with E-state index >= 15 is 0 Å². The zero-order chi connectivity index (χ0) is 17.5. The van der Waals surface area contributed by atoms with Gasteiger partial charge in [0.2, 0.25) is 5.91 Å². The van der Waals surface area contributed by atoms with Gasteiger partial charge in [0.05, 0.1) is 10.7 Å². The van der Waals surface area contributed by atoms with Crippen LogP contribution in [0.1, 0.15) is 22.7 Å². The molecule has 3 rings (SSSR count). The summed E-state index contributed by atoms with van der Waals surface area (Å²) >= 11 is 1.65. The summed E-state index contributed by atoms with van der Waals surface area (Å²) in [7, 11) is 0. The van der Waals surface area contributed by atoms with E-state index in [2.05, 4.69) is 51.7 Å². The maximum Gasteiger partial charge on any atom is 0.223 e. The summed E-state index contributed by atoms with van der Waals surface area (Å²) in [5, 5.41) is 3.12. The molecule has 25 heavy (non-hydrogen) atoms. The fraction of sp³-hybridized carbons (Fsp3) is 0.400. The molecule has 132 valence electrons. The molecule has 1 fully saturated rings. The van der Waals surface area contributed by atoms with Crippen LogP contribution >= 0.6 is 11.3 Å². The average molecular weight is 356 g/mol. The van der Waals surface area contributed by atoms with Gasteiger partial charge < -0.3 is 4.90 Å². The lowest BCUT2D eigenvalue weighted by Crippen LogP contribution is -2.48. The first-order chi connectivity index (χ1) is 12.2. The van der Waals surface area contributed by atoms with E-state index < -0.39 is 0 Å². The molecule has 1 saturated heterocycles. The van der Waals surface area contributed by atoms with Gasteiger partial charge in [-0.3, -0.25) is 9.69 Å². The highest BCUT2D eigenvalue weighted by Crippen LogP contribution is 2.11. The van der Waals surface area contributed by atoms with Crippen molar-refractivity contribution in [2.24, 2.45) is 0 Å². The molecule has 1 aromatic carbocycles. The standard InChI is InChI=1S/C20H25N3OS/c1-17-21-19(16-25-17)9-10-20(24)23-14-12-22(13-15-23)11-5-8-18-6-3-2-4-7-18/h2-8,16H,9-15H2,1H3/b8-5+. The van der Waals surface area contributed by atoms with Crippen LogP contribution in [0.5, 0.6) is 0 Å². The number of piperazine rings is 1. The Labute approximate surface area is 153 Å². The summed E-state index contributed by atoms with van der Waals surface area (Å²) in [5.74, 6) is 0.255. The molecule has 1 aromatic heterocycles. The normalized spacial score (nSPS) is 15.8. The van der Waals surface area contributed by atoms with E-state index in [-0.39, 0.29) is 5.91 Å². The number of amides is 1. The Bertz CT molecular complexity index is 703. The van der Waals surface area contributed by atoms with Crippen molar-refractivity contribution in [1.29, 1.82) is 0 Å². The topological polar surface area (TPSA) is 36.4 Å². The Morgan fingerprint density at radius 3 is 2.64 bits per heavy atom. The Morgan fingerprint density at radius 2 is 1.96 bits per heavy atom. The van der Waals surface area contributed by atoms with Gasteiger partial charge in [-0.15, -0.1) is 11.3 Å². The minimum atomic E-state index is 0.255. The fourth-order valence-electron chi connectivity index (χ4n) is 3.00. The minimum absolute atomic E-state index is 0.255. The van der Waals surface area contributed by atoms with Crippen LogP contribution in [0.25, 0.3) is 6.08 Å². The van der Waals surface area contributed by atoms with E-state index in [1.54, 1.807) is 11.3 Å². The smallest absolute Gasteiger partial charge is 0.223 e. The molecule has 1 aliphatic heterocycles. The number of rotatable bonds is 6. The second-order valence-electron chi connectivity index (χ2n) is 6.35. The predicted molar refractivity (Wildman–Crippen MR) is 104 cm³/mol. The third-order valence-electron chi connectivity index (χ3n) is 4.46. The summed E-state index contributed by atoms with van der Waals surface area (Å²) in [6.45, 7) is 6.49. The quantitative estimate of drug-likeness (QED) is 0.798. The molecule has 0 atom stereocenters. The van der Waals surface area contributed by atoms with Crippen LogP contribution < -0.4 is 0 Å². The molecule has 1 amide bonds. The lowest BCUT2D eigenvalue weighted by molar-refractivity contribution is -0.132. The van der Waals surface area contributed by atoms with Gasteiger partial charge >= 0.3 is 0 Å². The van der Waals surface area contributed by atoms with Crippen molar-refractivity contribution in [1.82, 2.24) is 14.8 Å². The largest absolute Gasteiger partial charge is 0.340 e. The summed E-state index contributed by atoms with van der Waals surface area (Å²) < 4.78 is 0. The number of carbonyl (C=O) groups is 1. The molecule has 0 unspecified atom stereocenters. The second kappa shape index (κ2) is 8.92. The lowest BCUT2D eigenvalue weighted by Gasteiger charge is -2.34. The van der Waals surface area contributed by atoms with Crippen LogP contribution in [0.3, 0.4) is 0 Å². The SMILES string of the molecule is Cc1nc(CCC(=O)N2CCN(C/C=C/c3ccccc3)CC2)cs1. The number of hydrogen-bond acceptors (Lipinski definition) is 4. The van der Waals surface area contributed by atoms with Gasteiger partial charge in [-0.2, -0.15) is 0 Å². The predicted octanol–water partition coefficient (Wildman–Crippen LogP) is 3.24. The lowest BCUT2D eigenvalue weighted by atomic mass is 10.2. The van der Waals surface area contributed by atoms with Crippen LogP contribution in [0, 0.1) is 6.92 Å². The first-order valence-corrected chi connectivity index (χ1v) is 9.71. The van der Waals surface area contributed by atoms with Crippen molar-refractivity contribution in [2.45, 2.75) is 19.8 Å². The van der Waals surface area contributed by atoms with Gasteiger partial charge in [0, 0.05) is 44.5 Å². The summed E-state index contributed by atoms with van der Waals surface area (Å²) in [6.07, 6.45) is 5.69. The molecule has 1 aliphatic rings. The zero-order valence-electron chi connectivity index (χ0n) is 14.7. The molecule has 0 N–H and O–H groups in total. The van der Waals surface area contributed by atoms with E-state index in [1.165, 1.54) is 5.56 Å². The summed E-state index contributed by atoms with van der Waals surface area (Å²) in [5.41, 5.74) is 2.27. The zero-order valence-corrected chi connectivity index (χ0v) is 15.5. The van der Waals surface area contributed by atoms with E-state index in [4.69, 9.17) is 0 Å². The van der Waals surface area contributed by atoms with Crippen LogP contribution in [0.15, 0.2) is 41.8 Å². The highest BCUT2D eigenvalue weighted by Gasteiger charge is 2.20. The van der Waals surface area contributed by atoms with Gasteiger partial charge in [0.25, 0.3) is 0 Å². The third kappa shape index (κ3) is 5.51. The van der Waals surface area contributed by atoms with E-state index in [0.29, 0.717) is 6.42 Å². The Balaban J connectivity index is 1.37. The Morgan fingerprint density at radius 1 is 1.20 bits per heavy atom. The average Bonchev–Trinajstić information content (AvgIpc) is 3.06. The molecule has 0 bridgehead atoms. The maximum absolute atomic E-state index is 12.4. The molecule has 0 saturated carbocycles. The van der Waals surface area contributed by atoms with E-state index in [1.807, 2.05) is 17.9 Å². The number of nitrogens with zero attached hydrogens (tertiary/aromatic N) is 3. The number of aryl methyl sites for hydroxylation is 2. The number of thiazole rings is 1. The van der Waals surface area contributed by atoms with Crippen molar-refractivity contribution < 1.29 is 4.79 Å². The Hall–Kier alpha value is -1.98. The molecule has 2 heterocycles. The molecular formula is C20H25N3OS. The van der Waals surface area contributed by atoms with Gasteiger partial charge in [-0.25, -0.2) is 4.98 Å². The second-order valence-corrected chi connectivity index (χ2v) is 7.41. The number of aromatic nitrogens is 1.